The lowest BCUT2D eigenvalue weighted by atomic mass is 10.1. The highest BCUT2D eigenvalue weighted by molar-refractivity contribution is 14.0. The first kappa shape index (κ1) is 24.7. The van der Waals surface area contributed by atoms with Gasteiger partial charge in [-0.15, -0.1) is 34.2 Å². The van der Waals surface area contributed by atoms with Gasteiger partial charge in [-0.1, -0.05) is 6.07 Å². The fourth-order valence-electron chi connectivity index (χ4n) is 2.59. The highest BCUT2D eigenvalue weighted by Gasteiger charge is 2.06. The second-order valence-electron chi connectivity index (χ2n) is 6.41. The smallest absolute Gasteiger partial charge is 0.191 e. The first-order valence-corrected chi connectivity index (χ1v) is 10.5. The summed E-state index contributed by atoms with van der Waals surface area (Å²) in [7, 11) is 1.94. The molecule has 28 heavy (non-hydrogen) atoms. The van der Waals surface area contributed by atoms with Gasteiger partial charge in [0.25, 0.3) is 0 Å². The van der Waals surface area contributed by atoms with E-state index >= 15 is 0 Å². The van der Waals surface area contributed by atoms with Gasteiger partial charge in [0.2, 0.25) is 0 Å². The summed E-state index contributed by atoms with van der Waals surface area (Å²) in [5, 5.41) is 15.0. The molecule has 2 N–H and O–H groups in total. The average Bonchev–Trinajstić information content (AvgIpc) is 2.96. The van der Waals surface area contributed by atoms with E-state index in [0.29, 0.717) is 6.54 Å². The Labute approximate surface area is 188 Å². The van der Waals surface area contributed by atoms with Crippen LogP contribution in [-0.4, -0.2) is 45.8 Å². The molecule has 0 radical (unpaired) electrons. The number of aryl methyl sites for hydroxylation is 2. The Morgan fingerprint density at radius 2 is 1.96 bits per heavy atom. The van der Waals surface area contributed by atoms with Gasteiger partial charge in [-0.3, -0.25) is 0 Å². The molecular formula is C19H30FIN6S. The molecule has 0 aliphatic rings. The number of guanidine groups is 1. The van der Waals surface area contributed by atoms with E-state index < -0.39 is 0 Å². The van der Waals surface area contributed by atoms with E-state index in [-0.39, 0.29) is 29.8 Å². The molecule has 0 unspecified atom stereocenters. The molecule has 1 heterocycles. The third-order valence-corrected chi connectivity index (χ3v) is 5.07. The fraction of sp³-hybridized carbons (Fsp3) is 0.526. The van der Waals surface area contributed by atoms with Crippen LogP contribution in [0.1, 0.15) is 29.2 Å². The van der Waals surface area contributed by atoms with Crippen LogP contribution in [0, 0.1) is 19.7 Å². The average molecular weight is 520 g/mol. The monoisotopic (exact) mass is 520 g/mol. The number of halogens is 2. The van der Waals surface area contributed by atoms with Crippen molar-refractivity contribution >= 4 is 41.7 Å². The number of nitrogens with one attached hydrogen (secondary N) is 2. The van der Waals surface area contributed by atoms with Crippen molar-refractivity contribution < 1.29 is 4.39 Å². The van der Waals surface area contributed by atoms with E-state index in [1.807, 2.05) is 43.3 Å². The summed E-state index contributed by atoms with van der Waals surface area (Å²) >= 11 is 1.83. The molecule has 6 nitrogen and oxygen atoms in total. The molecule has 9 heteroatoms. The van der Waals surface area contributed by atoms with Gasteiger partial charge in [0, 0.05) is 20.1 Å². The summed E-state index contributed by atoms with van der Waals surface area (Å²) < 4.78 is 15.2. The van der Waals surface area contributed by atoms with E-state index in [4.69, 9.17) is 0 Å². The minimum absolute atomic E-state index is 0. The number of hydrogen-bond acceptors (Lipinski definition) is 4. The first-order valence-electron chi connectivity index (χ1n) is 9.12. The highest BCUT2D eigenvalue weighted by Crippen LogP contribution is 2.10. The molecule has 2 rings (SSSR count). The van der Waals surface area contributed by atoms with Crippen molar-refractivity contribution in [3.05, 3.63) is 46.8 Å². The zero-order chi connectivity index (χ0) is 19.6. The molecule has 0 fully saturated rings. The van der Waals surface area contributed by atoms with Crippen LogP contribution >= 0.6 is 35.7 Å². The molecule has 1 aromatic heterocycles. The third-order valence-electron chi connectivity index (χ3n) is 4.37. The lowest BCUT2D eigenvalue weighted by molar-refractivity contribution is 0.625. The third kappa shape index (κ3) is 7.94. The second-order valence-corrected chi connectivity index (χ2v) is 7.39. The normalized spacial score (nSPS) is 11.2. The SMILES string of the molecule is CSCCCNC(=NCc1nnc(C)n1C)NCCc1ccc(F)cc1C.I. The number of nitrogens with zero attached hydrogens (tertiary/aromatic N) is 4. The Hall–Kier alpha value is -1.36. The second kappa shape index (κ2) is 13.0. The van der Waals surface area contributed by atoms with Gasteiger partial charge in [-0.05, 0) is 62.0 Å². The molecule has 1 aromatic carbocycles. The molecule has 0 spiro atoms. The summed E-state index contributed by atoms with van der Waals surface area (Å²) in [6.07, 6.45) is 3.98. The summed E-state index contributed by atoms with van der Waals surface area (Å²) in [6.45, 7) is 5.90. The Kier molecular flexibility index (Phi) is 11.4. The number of aromatic nitrogens is 3. The molecular weight excluding hydrogens is 490 g/mol. The van der Waals surface area contributed by atoms with Crippen LogP contribution in [0.2, 0.25) is 0 Å². The molecule has 0 aliphatic heterocycles. The van der Waals surface area contributed by atoms with E-state index in [1.54, 1.807) is 6.07 Å². The quantitative estimate of drug-likeness (QED) is 0.230. The highest BCUT2D eigenvalue weighted by atomic mass is 127. The maximum absolute atomic E-state index is 13.2. The molecule has 0 atom stereocenters. The van der Waals surface area contributed by atoms with Crippen molar-refractivity contribution in [2.24, 2.45) is 12.0 Å². The predicted octanol–water partition coefficient (Wildman–Crippen LogP) is 3.22. The lowest BCUT2D eigenvalue weighted by Crippen LogP contribution is -2.39. The lowest BCUT2D eigenvalue weighted by Gasteiger charge is -2.13. The topological polar surface area (TPSA) is 67.1 Å². The number of rotatable bonds is 9. The van der Waals surface area contributed by atoms with Gasteiger partial charge in [0.15, 0.2) is 11.8 Å². The van der Waals surface area contributed by atoms with E-state index in [9.17, 15) is 4.39 Å². The van der Waals surface area contributed by atoms with Gasteiger partial charge in [-0.2, -0.15) is 11.8 Å². The molecule has 156 valence electrons. The van der Waals surface area contributed by atoms with Crippen molar-refractivity contribution in [2.75, 3.05) is 25.1 Å². The predicted molar refractivity (Wildman–Crippen MR) is 126 cm³/mol. The molecule has 0 saturated heterocycles. The van der Waals surface area contributed by atoms with E-state index in [1.165, 1.54) is 6.07 Å². The Bertz CT molecular complexity index is 765. The zero-order valence-electron chi connectivity index (χ0n) is 17.0. The number of hydrogen-bond donors (Lipinski definition) is 2. The molecule has 0 saturated carbocycles. The molecule has 0 amide bonds. The Morgan fingerprint density at radius 3 is 2.61 bits per heavy atom. The minimum atomic E-state index is -0.194. The molecule has 0 bridgehead atoms. The van der Waals surface area contributed by atoms with Crippen LogP contribution in [0.3, 0.4) is 0 Å². The summed E-state index contributed by atoms with van der Waals surface area (Å²) in [4.78, 5) is 4.64. The van der Waals surface area contributed by atoms with Crippen molar-refractivity contribution in [3.63, 3.8) is 0 Å². The van der Waals surface area contributed by atoms with Crippen molar-refractivity contribution in [2.45, 2.75) is 33.2 Å². The molecule has 0 aliphatic carbocycles. The maximum Gasteiger partial charge on any atom is 0.191 e. The number of thioether (sulfide) groups is 1. The van der Waals surface area contributed by atoms with Crippen LogP contribution < -0.4 is 10.6 Å². The van der Waals surface area contributed by atoms with E-state index in [0.717, 1.165) is 60.4 Å². The first-order chi connectivity index (χ1) is 13.0. The van der Waals surface area contributed by atoms with Gasteiger partial charge in [0.1, 0.15) is 18.2 Å². The van der Waals surface area contributed by atoms with Crippen LogP contribution in [0.5, 0.6) is 0 Å². The van der Waals surface area contributed by atoms with Crippen LogP contribution in [-0.2, 0) is 20.0 Å². The van der Waals surface area contributed by atoms with Crippen molar-refractivity contribution in [1.82, 2.24) is 25.4 Å². The van der Waals surface area contributed by atoms with Gasteiger partial charge >= 0.3 is 0 Å². The van der Waals surface area contributed by atoms with Gasteiger partial charge in [0.05, 0.1) is 0 Å². The van der Waals surface area contributed by atoms with Gasteiger partial charge < -0.3 is 15.2 Å². The van der Waals surface area contributed by atoms with Gasteiger partial charge in [-0.25, -0.2) is 9.38 Å². The molecule has 2 aromatic rings. The van der Waals surface area contributed by atoms with Crippen molar-refractivity contribution in [1.29, 1.82) is 0 Å². The summed E-state index contributed by atoms with van der Waals surface area (Å²) in [5.74, 6) is 3.37. The Balaban J connectivity index is 0.00000392. The Morgan fingerprint density at radius 1 is 1.21 bits per heavy atom. The van der Waals surface area contributed by atoms with Crippen molar-refractivity contribution in [3.8, 4) is 0 Å². The summed E-state index contributed by atoms with van der Waals surface area (Å²) in [6, 6.07) is 4.92. The largest absolute Gasteiger partial charge is 0.356 e. The minimum Gasteiger partial charge on any atom is -0.356 e. The maximum atomic E-state index is 13.2. The van der Waals surface area contributed by atoms with Crippen LogP contribution in [0.15, 0.2) is 23.2 Å². The standard InChI is InChI=1S/C19H29FN6S.HI/c1-14-12-17(20)7-6-16(14)8-10-22-19(21-9-5-11-27-4)23-13-18-25-24-15(2)26(18)3;/h6-7,12H,5,8-11,13H2,1-4H3,(H2,21,22,23);1H. The number of benzene rings is 1. The number of aliphatic imine (C=N–C) groups is 1. The van der Waals surface area contributed by atoms with Crippen LogP contribution in [0.25, 0.3) is 0 Å². The zero-order valence-corrected chi connectivity index (χ0v) is 20.1. The fourth-order valence-corrected chi connectivity index (χ4v) is 3.02. The summed E-state index contributed by atoms with van der Waals surface area (Å²) in [5.41, 5.74) is 2.10. The van der Waals surface area contributed by atoms with Crippen LogP contribution in [0.4, 0.5) is 4.39 Å². The van der Waals surface area contributed by atoms with E-state index in [2.05, 4.69) is 32.1 Å².